The number of anilines is 1. The maximum atomic E-state index is 12.2. The fourth-order valence-electron chi connectivity index (χ4n) is 3.10. The number of ether oxygens (including phenoxy) is 1. The van der Waals surface area contributed by atoms with Crippen molar-refractivity contribution < 1.29 is 9.53 Å². The van der Waals surface area contributed by atoms with Gasteiger partial charge < -0.3 is 10.1 Å². The zero-order valence-electron chi connectivity index (χ0n) is 17.1. The van der Waals surface area contributed by atoms with Crippen molar-refractivity contribution in [1.82, 2.24) is 10.9 Å². The molecule has 3 aromatic rings. The third-order valence-electron chi connectivity index (χ3n) is 4.62. The summed E-state index contributed by atoms with van der Waals surface area (Å²) in [5, 5.41) is 3.47. The van der Waals surface area contributed by atoms with Gasteiger partial charge in [-0.05, 0) is 48.3 Å². The van der Waals surface area contributed by atoms with E-state index in [1.54, 1.807) is 0 Å². The van der Waals surface area contributed by atoms with Gasteiger partial charge in [-0.1, -0.05) is 73.7 Å². The van der Waals surface area contributed by atoms with Crippen molar-refractivity contribution in [3.8, 4) is 16.9 Å². The van der Waals surface area contributed by atoms with Gasteiger partial charge in [0.05, 0.1) is 0 Å². The van der Waals surface area contributed by atoms with E-state index in [1.807, 2.05) is 73.7 Å². The van der Waals surface area contributed by atoms with E-state index in [9.17, 15) is 4.79 Å². The average Bonchev–Trinajstić information content (AvgIpc) is 2.78. The van der Waals surface area contributed by atoms with E-state index in [1.165, 1.54) is 0 Å². The van der Waals surface area contributed by atoms with Crippen LogP contribution < -0.4 is 20.9 Å². The van der Waals surface area contributed by atoms with Gasteiger partial charge in [-0.15, -0.1) is 0 Å². The van der Waals surface area contributed by atoms with E-state index < -0.39 is 0 Å². The summed E-state index contributed by atoms with van der Waals surface area (Å²) in [7, 11) is 0. The Labute approximate surface area is 182 Å². The molecule has 0 atom stereocenters. The van der Waals surface area contributed by atoms with Crippen LogP contribution in [0.5, 0.6) is 5.75 Å². The lowest BCUT2D eigenvalue weighted by molar-refractivity contribution is -0.123. The number of hydrazine groups is 1. The Balaban J connectivity index is 1.53. The lowest BCUT2D eigenvalue weighted by atomic mass is 10.1. The zero-order chi connectivity index (χ0) is 21.3. The molecule has 30 heavy (non-hydrogen) atoms. The normalized spacial score (nSPS) is 10.2. The highest BCUT2D eigenvalue weighted by molar-refractivity contribution is 7.80. The molecule has 3 rings (SSSR count). The molecule has 0 saturated carbocycles. The molecule has 0 aliphatic rings. The highest BCUT2D eigenvalue weighted by Gasteiger charge is 2.10. The van der Waals surface area contributed by atoms with Gasteiger partial charge in [0.1, 0.15) is 5.75 Å². The molecule has 0 saturated heterocycles. The van der Waals surface area contributed by atoms with E-state index in [2.05, 4.69) is 29.2 Å². The van der Waals surface area contributed by atoms with Crippen LogP contribution in [0, 0.1) is 6.92 Å². The largest absolute Gasteiger partial charge is 0.483 e. The summed E-state index contributed by atoms with van der Waals surface area (Å²) in [6.07, 6.45) is 0.883. The number of rotatable bonds is 6. The Hall–Kier alpha value is -3.38. The highest BCUT2D eigenvalue weighted by Crippen LogP contribution is 2.29. The van der Waals surface area contributed by atoms with Crippen molar-refractivity contribution in [2.75, 3.05) is 11.9 Å². The van der Waals surface area contributed by atoms with Crippen LogP contribution in [-0.4, -0.2) is 17.6 Å². The lowest BCUT2D eigenvalue weighted by Crippen LogP contribution is -2.45. The molecule has 0 heterocycles. The highest BCUT2D eigenvalue weighted by atomic mass is 32.1. The summed E-state index contributed by atoms with van der Waals surface area (Å²) in [6.45, 7) is 3.97. The van der Waals surface area contributed by atoms with Gasteiger partial charge >= 0.3 is 0 Å². The van der Waals surface area contributed by atoms with Crippen LogP contribution in [0.25, 0.3) is 11.1 Å². The Morgan fingerprint density at radius 1 is 0.933 bits per heavy atom. The Kier molecular flexibility index (Phi) is 7.40. The van der Waals surface area contributed by atoms with Crippen LogP contribution >= 0.6 is 12.2 Å². The molecule has 0 radical (unpaired) electrons. The number of hydrogen-bond acceptors (Lipinski definition) is 3. The van der Waals surface area contributed by atoms with E-state index >= 15 is 0 Å². The van der Waals surface area contributed by atoms with Gasteiger partial charge in [0.25, 0.3) is 5.91 Å². The molecule has 0 aliphatic heterocycles. The number of carbonyl (C=O) groups excluding carboxylic acids is 1. The molecule has 5 nitrogen and oxygen atoms in total. The van der Waals surface area contributed by atoms with E-state index in [-0.39, 0.29) is 12.5 Å². The number of amides is 1. The first-order valence-corrected chi connectivity index (χ1v) is 10.2. The summed E-state index contributed by atoms with van der Waals surface area (Å²) < 4.78 is 5.74. The van der Waals surface area contributed by atoms with E-state index in [0.717, 1.165) is 34.4 Å². The summed E-state index contributed by atoms with van der Waals surface area (Å²) >= 11 is 5.31. The molecule has 3 N–H and O–H groups in total. The second kappa shape index (κ2) is 10.4. The molecule has 0 spiro atoms. The van der Waals surface area contributed by atoms with Crippen molar-refractivity contribution in [3.05, 3.63) is 83.9 Å². The first kappa shape index (κ1) is 21.3. The maximum Gasteiger partial charge on any atom is 0.276 e. The molecule has 0 fully saturated rings. The quantitative estimate of drug-likeness (QED) is 0.402. The second-order valence-electron chi connectivity index (χ2n) is 6.74. The maximum absolute atomic E-state index is 12.2. The van der Waals surface area contributed by atoms with Crippen molar-refractivity contribution >= 4 is 28.9 Å². The predicted octanol–water partition coefficient (Wildman–Crippen LogP) is 4.62. The molecular formula is C24H25N3O2S. The number of nitrogens with one attached hydrogen (secondary N) is 3. The minimum atomic E-state index is -0.331. The van der Waals surface area contributed by atoms with Crippen molar-refractivity contribution in [2.24, 2.45) is 0 Å². The third-order valence-corrected chi connectivity index (χ3v) is 4.83. The molecule has 6 heteroatoms. The van der Waals surface area contributed by atoms with Crippen LogP contribution in [0.15, 0.2) is 72.8 Å². The van der Waals surface area contributed by atoms with Gasteiger partial charge in [-0.2, -0.15) is 0 Å². The molecule has 0 aromatic heterocycles. The van der Waals surface area contributed by atoms with Gasteiger partial charge in [0.2, 0.25) is 0 Å². The summed E-state index contributed by atoms with van der Waals surface area (Å²) in [6, 6.07) is 23.6. The fourth-order valence-corrected chi connectivity index (χ4v) is 3.25. The fraction of sp³-hybridized carbons (Fsp3) is 0.167. The first-order valence-electron chi connectivity index (χ1n) is 9.80. The standard InChI is InChI=1S/C24H25N3O2S/c1-3-18-13-9-10-17(2)23(18)25-24(30)27-26-22(28)16-29-21-15-8-7-14-20(21)19-11-5-4-6-12-19/h4-15H,3,16H2,1-2H3,(H,26,28)(H2,25,27,30). The molecule has 1 amide bonds. The van der Waals surface area contributed by atoms with Crippen molar-refractivity contribution in [2.45, 2.75) is 20.3 Å². The molecule has 3 aromatic carbocycles. The minimum Gasteiger partial charge on any atom is -0.483 e. The van der Waals surface area contributed by atoms with Crippen molar-refractivity contribution in [3.63, 3.8) is 0 Å². The van der Waals surface area contributed by atoms with Crippen LogP contribution in [0.2, 0.25) is 0 Å². The monoisotopic (exact) mass is 419 g/mol. The number of hydrogen-bond donors (Lipinski definition) is 3. The van der Waals surface area contributed by atoms with Crippen LogP contribution in [0.3, 0.4) is 0 Å². The smallest absolute Gasteiger partial charge is 0.276 e. The van der Waals surface area contributed by atoms with Gasteiger partial charge in [0.15, 0.2) is 11.7 Å². The Morgan fingerprint density at radius 3 is 2.43 bits per heavy atom. The van der Waals surface area contributed by atoms with E-state index in [0.29, 0.717) is 10.9 Å². The van der Waals surface area contributed by atoms with Crippen molar-refractivity contribution in [1.29, 1.82) is 0 Å². The van der Waals surface area contributed by atoms with Crippen LogP contribution in [-0.2, 0) is 11.2 Å². The van der Waals surface area contributed by atoms with E-state index in [4.69, 9.17) is 17.0 Å². The van der Waals surface area contributed by atoms with Gasteiger partial charge in [-0.25, -0.2) is 0 Å². The van der Waals surface area contributed by atoms with Gasteiger partial charge in [0, 0.05) is 11.3 Å². The number of benzene rings is 3. The van der Waals surface area contributed by atoms with Gasteiger partial charge in [-0.3, -0.25) is 15.6 Å². The summed E-state index contributed by atoms with van der Waals surface area (Å²) in [4.78, 5) is 12.2. The topological polar surface area (TPSA) is 62.4 Å². The predicted molar refractivity (Wildman–Crippen MR) is 125 cm³/mol. The molecule has 154 valence electrons. The number of thiocarbonyl (C=S) groups is 1. The Morgan fingerprint density at radius 2 is 1.67 bits per heavy atom. The molecule has 0 bridgehead atoms. The summed E-state index contributed by atoms with van der Waals surface area (Å²) in [5.74, 6) is 0.314. The Bertz CT molecular complexity index is 1020. The first-order chi connectivity index (χ1) is 14.6. The van der Waals surface area contributed by atoms with Crippen LogP contribution in [0.4, 0.5) is 5.69 Å². The number of carbonyl (C=O) groups is 1. The zero-order valence-corrected chi connectivity index (χ0v) is 17.9. The molecule has 0 unspecified atom stereocenters. The lowest BCUT2D eigenvalue weighted by Gasteiger charge is -2.16. The average molecular weight is 420 g/mol. The number of aryl methyl sites for hydroxylation is 2. The third kappa shape index (κ3) is 5.58. The minimum absolute atomic E-state index is 0.135. The molecular weight excluding hydrogens is 394 g/mol. The number of para-hydroxylation sites is 2. The van der Waals surface area contributed by atoms with Crippen LogP contribution in [0.1, 0.15) is 18.1 Å². The summed E-state index contributed by atoms with van der Waals surface area (Å²) in [5.41, 5.74) is 10.5. The molecule has 0 aliphatic carbocycles. The second-order valence-corrected chi connectivity index (χ2v) is 7.15. The SMILES string of the molecule is CCc1cccc(C)c1NC(=S)NNC(=O)COc1ccccc1-c1ccccc1.